The Balaban J connectivity index is 2.88. The van der Waals surface area contributed by atoms with Crippen LogP contribution in [-0.2, 0) is 0 Å². The van der Waals surface area contributed by atoms with E-state index >= 15 is 0 Å². The molecule has 1 atom stereocenters. The molecule has 1 aromatic heterocycles. The topological polar surface area (TPSA) is 69.2 Å². The third-order valence-corrected chi connectivity index (χ3v) is 1.95. The van der Waals surface area contributed by atoms with E-state index in [1.54, 1.807) is 11.9 Å². The molecule has 0 saturated heterocycles. The van der Waals surface area contributed by atoms with Crippen molar-refractivity contribution in [3.63, 3.8) is 0 Å². The van der Waals surface area contributed by atoms with Gasteiger partial charge in [0.2, 0.25) is 0 Å². The first kappa shape index (κ1) is 9.73. The maximum Gasteiger partial charge on any atom is 0.252 e. The van der Waals surface area contributed by atoms with Crippen LogP contribution in [0.2, 0.25) is 0 Å². The van der Waals surface area contributed by atoms with Crippen molar-refractivity contribution >= 4 is 5.82 Å². The SMILES string of the molecule is CC(CO)N(C)c1cc(=O)[nH]cn1. The summed E-state index contributed by atoms with van der Waals surface area (Å²) in [6, 6.07) is 1.35. The summed E-state index contributed by atoms with van der Waals surface area (Å²) in [7, 11) is 1.78. The van der Waals surface area contributed by atoms with Gasteiger partial charge < -0.3 is 15.0 Å². The molecule has 2 N–H and O–H groups in total. The van der Waals surface area contributed by atoms with Gasteiger partial charge in [0.05, 0.1) is 19.0 Å². The Morgan fingerprint density at radius 1 is 1.77 bits per heavy atom. The van der Waals surface area contributed by atoms with Crippen LogP contribution < -0.4 is 10.5 Å². The Bertz CT molecular complexity index is 323. The van der Waals surface area contributed by atoms with Gasteiger partial charge in [-0.05, 0) is 6.92 Å². The minimum absolute atomic E-state index is 0.0327. The predicted molar refractivity (Wildman–Crippen MR) is 49.8 cm³/mol. The molecule has 1 rings (SSSR count). The van der Waals surface area contributed by atoms with Gasteiger partial charge in [-0.2, -0.15) is 0 Å². The highest BCUT2D eigenvalue weighted by atomic mass is 16.3. The largest absolute Gasteiger partial charge is 0.394 e. The second kappa shape index (κ2) is 4.04. The number of nitrogens with zero attached hydrogens (tertiary/aromatic N) is 2. The number of hydrogen-bond donors (Lipinski definition) is 2. The minimum atomic E-state index is -0.193. The van der Waals surface area contributed by atoms with E-state index in [0.29, 0.717) is 5.82 Å². The van der Waals surface area contributed by atoms with Crippen molar-refractivity contribution in [2.24, 2.45) is 0 Å². The fraction of sp³-hybridized carbons (Fsp3) is 0.500. The van der Waals surface area contributed by atoms with Crippen LogP contribution in [0.1, 0.15) is 6.92 Å². The Morgan fingerprint density at radius 2 is 2.46 bits per heavy atom. The lowest BCUT2D eigenvalue weighted by atomic mass is 10.3. The zero-order valence-corrected chi connectivity index (χ0v) is 7.69. The number of likely N-dealkylation sites (N-methyl/N-ethyl adjacent to an activating group) is 1. The van der Waals surface area contributed by atoms with Crippen molar-refractivity contribution in [3.05, 3.63) is 22.7 Å². The molecule has 0 radical (unpaired) electrons. The maximum atomic E-state index is 10.9. The molecule has 0 aliphatic heterocycles. The normalized spacial score (nSPS) is 12.5. The first-order valence-corrected chi connectivity index (χ1v) is 4.03. The number of aromatic amines is 1. The fourth-order valence-corrected chi connectivity index (χ4v) is 0.899. The average Bonchev–Trinajstić information content (AvgIpc) is 2.15. The summed E-state index contributed by atoms with van der Waals surface area (Å²) in [6.07, 6.45) is 1.35. The summed E-state index contributed by atoms with van der Waals surface area (Å²) < 4.78 is 0. The Morgan fingerprint density at radius 3 is 3.00 bits per heavy atom. The number of hydrogen-bond acceptors (Lipinski definition) is 4. The highest BCUT2D eigenvalue weighted by Gasteiger charge is 2.09. The summed E-state index contributed by atoms with van der Waals surface area (Å²) in [4.78, 5) is 19.1. The maximum absolute atomic E-state index is 10.9. The van der Waals surface area contributed by atoms with Crippen LogP contribution in [0.4, 0.5) is 5.82 Å². The van der Waals surface area contributed by atoms with Crippen LogP contribution in [0.3, 0.4) is 0 Å². The van der Waals surface area contributed by atoms with Crippen molar-refractivity contribution in [2.75, 3.05) is 18.6 Å². The lowest BCUT2D eigenvalue weighted by Crippen LogP contribution is -2.33. The summed E-state index contributed by atoms with van der Waals surface area (Å²) in [5.41, 5.74) is -0.193. The average molecular weight is 183 g/mol. The van der Waals surface area contributed by atoms with Crippen LogP contribution in [0.15, 0.2) is 17.2 Å². The van der Waals surface area contributed by atoms with E-state index in [4.69, 9.17) is 5.11 Å². The van der Waals surface area contributed by atoms with E-state index in [9.17, 15) is 4.79 Å². The number of H-pyrrole nitrogens is 1. The van der Waals surface area contributed by atoms with Crippen molar-refractivity contribution in [1.82, 2.24) is 9.97 Å². The zero-order chi connectivity index (χ0) is 9.84. The lowest BCUT2D eigenvalue weighted by Gasteiger charge is -2.23. The van der Waals surface area contributed by atoms with E-state index in [-0.39, 0.29) is 18.2 Å². The minimum Gasteiger partial charge on any atom is -0.394 e. The van der Waals surface area contributed by atoms with Gasteiger partial charge in [-0.3, -0.25) is 4.79 Å². The standard InChI is InChI=1S/C8H13N3O2/c1-6(4-12)11(2)7-3-8(13)10-5-9-7/h3,5-6,12H,4H2,1-2H3,(H,9,10,13). The molecule has 0 saturated carbocycles. The summed E-state index contributed by atoms with van der Waals surface area (Å²) in [6.45, 7) is 1.88. The van der Waals surface area contributed by atoms with Gasteiger partial charge in [-0.15, -0.1) is 0 Å². The first-order valence-electron chi connectivity index (χ1n) is 4.03. The molecule has 0 aliphatic carbocycles. The summed E-state index contributed by atoms with van der Waals surface area (Å²) in [5, 5.41) is 8.88. The molecular formula is C8H13N3O2. The molecule has 1 heterocycles. The van der Waals surface area contributed by atoms with Crippen LogP contribution in [0.25, 0.3) is 0 Å². The predicted octanol–water partition coefficient (Wildman–Crippen LogP) is -0.413. The zero-order valence-electron chi connectivity index (χ0n) is 7.69. The number of aromatic nitrogens is 2. The van der Waals surface area contributed by atoms with E-state index < -0.39 is 0 Å². The Labute approximate surface area is 76.0 Å². The van der Waals surface area contributed by atoms with Crippen molar-refractivity contribution in [3.8, 4) is 0 Å². The van der Waals surface area contributed by atoms with Gasteiger partial charge in [0.25, 0.3) is 5.56 Å². The molecule has 13 heavy (non-hydrogen) atoms. The molecule has 0 spiro atoms. The second-order valence-electron chi connectivity index (χ2n) is 2.91. The molecule has 0 bridgehead atoms. The van der Waals surface area contributed by atoms with Gasteiger partial charge in [-0.25, -0.2) is 4.98 Å². The Hall–Kier alpha value is -1.36. The van der Waals surface area contributed by atoms with Crippen molar-refractivity contribution in [2.45, 2.75) is 13.0 Å². The number of anilines is 1. The molecule has 1 aromatic rings. The summed E-state index contributed by atoms with van der Waals surface area (Å²) in [5.74, 6) is 0.560. The molecule has 72 valence electrons. The molecule has 0 aliphatic rings. The number of nitrogens with one attached hydrogen (secondary N) is 1. The van der Waals surface area contributed by atoms with E-state index in [0.717, 1.165) is 0 Å². The Kier molecular flexibility index (Phi) is 3.02. The monoisotopic (exact) mass is 183 g/mol. The smallest absolute Gasteiger partial charge is 0.252 e. The molecular weight excluding hydrogens is 170 g/mol. The quantitative estimate of drug-likeness (QED) is 0.668. The van der Waals surface area contributed by atoms with E-state index in [1.807, 2.05) is 6.92 Å². The van der Waals surface area contributed by atoms with Crippen molar-refractivity contribution in [1.29, 1.82) is 0 Å². The fourth-order valence-electron chi connectivity index (χ4n) is 0.899. The van der Waals surface area contributed by atoms with E-state index in [1.165, 1.54) is 12.4 Å². The third-order valence-electron chi connectivity index (χ3n) is 1.95. The molecule has 0 aromatic carbocycles. The molecule has 0 fully saturated rings. The number of aliphatic hydroxyl groups is 1. The second-order valence-corrected chi connectivity index (χ2v) is 2.91. The molecule has 0 amide bonds. The van der Waals surface area contributed by atoms with Crippen LogP contribution in [0.5, 0.6) is 0 Å². The molecule has 5 nitrogen and oxygen atoms in total. The van der Waals surface area contributed by atoms with Gasteiger partial charge in [0.1, 0.15) is 5.82 Å². The summed E-state index contributed by atoms with van der Waals surface area (Å²) >= 11 is 0. The van der Waals surface area contributed by atoms with Gasteiger partial charge in [0.15, 0.2) is 0 Å². The van der Waals surface area contributed by atoms with Crippen LogP contribution in [-0.4, -0.2) is 34.8 Å². The van der Waals surface area contributed by atoms with Crippen LogP contribution in [0, 0.1) is 0 Å². The number of rotatable bonds is 3. The van der Waals surface area contributed by atoms with Gasteiger partial charge >= 0.3 is 0 Å². The molecule has 1 unspecified atom stereocenters. The van der Waals surface area contributed by atoms with E-state index in [2.05, 4.69) is 9.97 Å². The highest BCUT2D eigenvalue weighted by Crippen LogP contribution is 2.06. The lowest BCUT2D eigenvalue weighted by molar-refractivity contribution is 0.269. The highest BCUT2D eigenvalue weighted by molar-refractivity contribution is 5.36. The van der Waals surface area contributed by atoms with Crippen LogP contribution >= 0.6 is 0 Å². The number of aliphatic hydroxyl groups excluding tert-OH is 1. The van der Waals surface area contributed by atoms with Gasteiger partial charge in [0, 0.05) is 13.1 Å². The first-order chi connectivity index (χ1) is 6.15. The van der Waals surface area contributed by atoms with Gasteiger partial charge in [-0.1, -0.05) is 0 Å². The van der Waals surface area contributed by atoms with Crippen molar-refractivity contribution < 1.29 is 5.11 Å². The molecule has 5 heteroatoms. The third kappa shape index (κ3) is 2.29.